The monoisotopic (exact) mass is 243 g/mol. The Hall–Kier alpha value is -1.45. The van der Waals surface area contributed by atoms with Crippen LogP contribution in [-0.4, -0.2) is 22.8 Å². The van der Waals surface area contributed by atoms with Gasteiger partial charge in [-0.1, -0.05) is 12.1 Å². The first kappa shape index (κ1) is 11.6. The molecule has 3 nitrogen and oxygen atoms in total. The number of rotatable bonds is 3. The van der Waals surface area contributed by atoms with Gasteiger partial charge in [0.05, 0.1) is 17.2 Å². The van der Waals surface area contributed by atoms with Gasteiger partial charge < -0.3 is 9.84 Å². The number of hydrogen-bond acceptors (Lipinski definition) is 3. The van der Waals surface area contributed by atoms with Crippen molar-refractivity contribution in [3.63, 3.8) is 0 Å². The van der Waals surface area contributed by atoms with Crippen molar-refractivity contribution >= 4 is 10.9 Å². The average Bonchev–Trinajstić information content (AvgIpc) is 2.36. The maximum absolute atomic E-state index is 10.5. The molecule has 2 aromatic rings. The fourth-order valence-electron chi connectivity index (χ4n) is 2.65. The minimum absolute atomic E-state index is 0.199. The Morgan fingerprint density at radius 2 is 2.22 bits per heavy atom. The Morgan fingerprint density at radius 1 is 1.39 bits per heavy atom. The molecule has 1 heterocycles. The van der Waals surface area contributed by atoms with Crippen LogP contribution in [0.2, 0.25) is 0 Å². The average molecular weight is 243 g/mol. The first-order valence-electron chi connectivity index (χ1n) is 6.40. The maximum atomic E-state index is 10.5. The van der Waals surface area contributed by atoms with Crippen LogP contribution in [0.25, 0.3) is 10.9 Å². The normalized spacial score (nSPS) is 27.1. The van der Waals surface area contributed by atoms with Crippen molar-refractivity contribution in [1.82, 2.24) is 4.98 Å². The number of ether oxygens (including phenoxy) is 1. The summed E-state index contributed by atoms with van der Waals surface area (Å²) in [6.45, 7) is 2.70. The van der Waals surface area contributed by atoms with Gasteiger partial charge in [-0.15, -0.1) is 0 Å². The topological polar surface area (TPSA) is 42.4 Å². The molecule has 3 heteroatoms. The lowest BCUT2D eigenvalue weighted by Crippen LogP contribution is -2.45. The van der Waals surface area contributed by atoms with Crippen LogP contribution in [0, 0.1) is 0 Å². The van der Waals surface area contributed by atoms with E-state index >= 15 is 0 Å². The molecule has 94 valence electrons. The standard InChI is InChI=1S/C15H17NO2/c1-2-18-13-9-15(17,10-13)12-5-6-14-11(8-12)4-3-7-16-14/h3-8,13,17H,2,9-10H2,1H3. The number of pyridine rings is 1. The Bertz CT molecular complexity index is 561. The largest absolute Gasteiger partial charge is 0.385 e. The van der Waals surface area contributed by atoms with Crippen molar-refractivity contribution in [3.05, 3.63) is 42.1 Å². The van der Waals surface area contributed by atoms with Crippen LogP contribution in [0.5, 0.6) is 0 Å². The highest BCUT2D eigenvalue weighted by Gasteiger charge is 2.44. The van der Waals surface area contributed by atoms with Gasteiger partial charge in [-0.05, 0) is 30.7 Å². The summed E-state index contributed by atoms with van der Waals surface area (Å²) in [5.41, 5.74) is 1.22. The molecule has 0 atom stereocenters. The molecule has 1 N–H and O–H groups in total. The molecule has 0 unspecified atom stereocenters. The van der Waals surface area contributed by atoms with E-state index < -0.39 is 5.60 Å². The molecule has 0 radical (unpaired) electrons. The first-order chi connectivity index (χ1) is 8.71. The lowest BCUT2D eigenvalue weighted by molar-refractivity contribution is -0.142. The molecule has 1 aliphatic carbocycles. The fourth-order valence-corrected chi connectivity index (χ4v) is 2.65. The Balaban J connectivity index is 1.87. The van der Waals surface area contributed by atoms with E-state index in [-0.39, 0.29) is 6.10 Å². The molecule has 0 amide bonds. The van der Waals surface area contributed by atoms with Crippen molar-refractivity contribution in [2.45, 2.75) is 31.5 Å². The van der Waals surface area contributed by atoms with E-state index in [0.29, 0.717) is 19.4 Å². The second kappa shape index (κ2) is 4.34. The highest BCUT2D eigenvalue weighted by molar-refractivity contribution is 5.79. The number of fused-ring (bicyclic) bond motifs is 1. The van der Waals surface area contributed by atoms with E-state index in [4.69, 9.17) is 4.74 Å². The third kappa shape index (κ3) is 1.89. The highest BCUT2D eigenvalue weighted by atomic mass is 16.5. The molecule has 1 saturated carbocycles. The summed E-state index contributed by atoms with van der Waals surface area (Å²) < 4.78 is 5.51. The molecule has 1 fully saturated rings. The number of aromatic nitrogens is 1. The van der Waals surface area contributed by atoms with E-state index in [2.05, 4.69) is 4.98 Å². The van der Waals surface area contributed by atoms with Gasteiger partial charge in [0.2, 0.25) is 0 Å². The summed E-state index contributed by atoms with van der Waals surface area (Å²) in [6.07, 6.45) is 3.36. The summed E-state index contributed by atoms with van der Waals surface area (Å²) in [5.74, 6) is 0. The Labute approximate surface area is 106 Å². The van der Waals surface area contributed by atoms with E-state index in [0.717, 1.165) is 16.5 Å². The molecule has 0 aliphatic heterocycles. The molecule has 0 bridgehead atoms. The lowest BCUT2D eigenvalue weighted by atomic mass is 9.72. The van der Waals surface area contributed by atoms with Gasteiger partial charge in [-0.2, -0.15) is 0 Å². The van der Waals surface area contributed by atoms with Crippen LogP contribution in [0.15, 0.2) is 36.5 Å². The van der Waals surface area contributed by atoms with Crippen LogP contribution in [0.4, 0.5) is 0 Å². The molecule has 0 spiro atoms. The fraction of sp³-hybridized carbons (Fsp3) is 0.400. The molecule has 0 saturated heterocycles. The predicted molar refractivity (Wildman–Crippen MR) is 70.3 cm³/mol. The molecular formula is C15H17NO2. The number of aliphatic hydroxyl groups is 1. The summed E-state index contributed by atoms with van der Waals surface area (Å²) >= 11 is 0. The molecular weight excluding hydrogens is 226 g/mol. The summed E-state index contributed by atoms with van der Waals surface area (Å²) in [6, 6.07) is 9.91. The van der Waals surface area contributed by atoms with E-state index in [1.165, 1.54) is 0 Å². The van der Waals surface area contributed by atoms with Crippen molar-refractivity contribution in [2.24, 2.45) is 0 Å². The van der Waals surface area contributed by atoms with Crippen LogP contribution in [0.3, 0.4) is 0 Å². The third-order valence-electron chi connectivity index (χ3n) is 3.67. The van der Waals surface area contributed by atoms with Crippen molar-refractivity contribution in [3.8, 4) is 0 Å². The maximum Gasteiger partial charge on any atom is 0.0946 e. The Kier molecular flexibility index (Phi) is 2.80. The zero-order chi connectivity index (χ0) is 12.6. The molecule has 18 heavy (non-hydrogen) atoms. The van der Waals surface area contributed by atoms with E-state index in [9.17, 15) is 5.11 Å². The van der Waals surface area contributed by atoms with Crippen LogP contribution < -0.4 is 0 Å². The minimum atomic E-state index is -0.718. The zero-order valence-corrected chi connectivity index (χ0v) is 10.5. The van der Waals surface area contributed by atoms with Crippen LogP contribution in [0.1, 0.15) is 25.3 Å². The second-order valence-electron chi connectivity index (χ2n) is 4.93. The zero-order valence-electron chi connectivity index (χ0n) is 10.5. The third-order valence-corrected chi connectivity index (χ3v) is 3.67. The van der Waals surface area contributed by atoms with Crippen LogP contribution in [-0.2, 0) is 10.3 Å². The minimum Gasteiger partial charge on any atom is -0.385 e. The van der Waals surface area contributed by atoms with E-state index in [1.807, 2.05) is 37.3 Å². The first-order valence-corrected chi connectivity index (χ1v) is 6.40. The van der Waals surface area contributed by atoms with Gasteiger partial charge in [0.25, 0.3) is 0 Å². The molecule has 1 aromatic carbocycles. The van der Waals surface area contributed by atoms with Gasteiger partial charge in [0, 0.05) is 31.0 Å². The Morgan fingerprint density at radius 3 is 3.00 bits per heavy atom. The summed E-state index contributed by atoms with van der Waals surface area (Å²) in [4.78, 5) is 4.29. The lowest BCUT2D eigenvalue weighted by Gasteiger charge is -2.43. The number of hydrogen-bond donors (Lipinski definition) is 1. The van der Waals surface area contributed by atoms with Gasteiger partial charge in [0.1, 0.15) is 0 Å². The van der Waals surface area contributed by atoms with Crippen molar-refractivity contribution in [2.75, 3.05) is 6.61 Å². The molecule has 1 aromatic heterocycles. The van der Waals surface area contributed by atoms with E-state index in [1.54, 1.807) is 6.20 Å². The van der Waals surface area contributed by atoms with Gasteiger partial charge in [-0.25, -0.2) is 0 Å². The number of benzene rings is 1. The number of nitrogens with zero attached hydrogens (tertiary/aromatic N) is 1. The molecule has 1 aliphatic rings. The summed E-state index contributed by atoms with van der Waals surface area (Å²) in [7, 11) is 0. The van der Waals surface area contributed by atoms with Crippen molar-refractivity contribution in [1.29, 1.82) is 0 Å². The summed E-state index contributed by atoms with van der Waals surface area (Å²) in [5, 5.41) is 11.6. The van der Waals surface area contributed by atoms with Gasteiger partial charge in [0.15, 0.2) is 0 Å². The van der Waals surface area contributed by atoms with Crippen LogP contribution >= 0.6 is 0 Å². The highest BCUT2D eigenvalue weighted by Crippen LogP contribution is 2.43. The van der Waals surface area contributed by atoms with Gasteiger partial charge in [-0.3, -0.25) is 4.98 Å². The van der Waals surface area contributed by atoms with Gasteiger partial charge >= 0.3 is 0 Å². The molecule has 3 rings (SSSR count). The SMILES string of the molecule is CCOC1CC(O)(c2ccc3ncccc3c2)C1. The quantitative estimate of drug-likeness (QED) is 0.901. The predicted octanol–water partition coefficient (Wildman–Crippen LogP) is 2.62. The van der Waals surface area contributed by atoms with Crippen molar-refractivity contribution < 1.29 is 9.84 Å². The smallest absolute Gasteiger partial charge is 0.0946 e. The second-order valence-corrected chi connectivity index (χ2v) is 4.93.